The van der Waals surface area contributed by atoms with Crippen LogP contribution in [0, 0.1) is 18.8 Å². The lowest BCUT2D eigenvalue weighted by atomic mass is 9.95. The number of rotatable bonds is 6. The zero-order valence-corrected chi connectivity index (χ0v) is 18.4. The minimum absolute atomic E-state index is 0.0348. The number of nitrogens with zero attached hydrogens (tertiary/aromatic N) is 1. The molecule has 0 amide bonds. The fraction of sp³-hybridized carbons (Fsp3) is 0.346. The molecule has 2 aromatic carbocycles. The van der Waals surface area contributed by atoms with E-state index in [9.17, 15) is 0 Å². The summed E-state index contributed by atoms with van der Waals surface area (Å²) in [5.41, 5.74) is 2.16. The van der Waals surface area contributed by atoms with Crippen LogP contribution in [0.3, 0.4) is 0 Å². The van der Waals surface area contributed by atoms with Gasteiger partial charge in [0, 0.05) is 23.1 Å². The molecule has 30 heavy (non-hydrogen) atoms. The Kier molecular flexibility index (Phi) is 6.71. The van der Waals surface area contributed by atoms with Gasteiger partial charge in [0.2, 0.25) is 0 Å². The van der Waals surface area contributed by atoms with Gasteiger partial charge in [-0.25, -0.2) is 4.98 Å². The van der Waals surface area contributed by atoms with E-state index in [-0.39, 0.29) is 12.0 Å². The third kappa shape index (κ3) is 5.23. The van der Waals surface area contributed by atoms with Crippen LogP contribution in [-0.4, -0.2) is 18.2 Å². The van der Waals surface area contributed by atoms with E-state index in [1.807, 2.05) is 42.6 Å². The Morgan fingerprint density at radius 3 is 2.60 bits per heavy atom. The second-order valence-electron chi connectivity index (χ2n) is 7.69. The Bertz CT molecular complexity index is 1030. The summed E-state index contributed by atoms with van der Waals surface area (Å²) in [6.45, 7) is 2.09. The maximum Gasteiger partial charge on any atom is 0.161 e. The van der Waals surface area contributed by atoms with Crippen LogP contribution in [0.1, 0.15) is 52.6 Å². The highest BCUT2D eigenvalue weighted by Gasteiger charge is 2.20. The van der Waals surface area contributed by atoms with Gasteiger partial charge < -0.3 is 9.47 Å². The molecule has 1 saturated carbocycles. The van der Waals surface area contributed by atoms with Crippen molar-refractivity contribution < 1.29 is 9.47 Å². The van der Waals surface area contributed by atoms with Crippen LogP contribution < -0.4 is 9.47 Å². The van der Waals surface area contributed by atoms with Gasteiger partial charge in [-0.05, 0) is 62.4 Å². The minimum Gasteiger partial charge on any atom is -0.493 e. The number of thiazole rings is 1. The van der Waals surface area contributed by atoms with Crippen molar-refractivity contribution in [3.8, 4) is 23.3 Å². The Labute approximate surface area is 183 Å². The van der Waals surface area contributed by atoms with Crippen LogP contribution >= 0.6 is 11.3 Å². The molecular weight excluding hydrogens is 390 g/mol. The number of ether oxygens (including phenoxy) is 2. The molecule has 0 spiro atoms. The molecule has 0 N–H and O–H groups in total. The first-order chi connectivity index (χ1) is 14.7. The average Bonchev–Trinajstić information content (AvgIpc) is 3.43. The summed E-state index contributed by atoms with van der Waals surface area (Å²) in [6, 6.07) is 16.4. The fourth-order valence-electron chi connectivity index (χ4n) is 3.80. The largest absolute Gasteiger partial charge is 0.493 e. The molecule has 0 bridgehead atoms. The van der Waals surface area contributed by atoms with Crippen molar-refractivity contribution >= 4 is 11.3 Å². The zero-order valence-electron chi connectivity index (χ0n) is 17.6. The highest BCUT2D eigenvalue weighted by atomic mass is 32.1. The molecule has 1 aromatic heterocycles. The minimum atomic E-state index is 0.0348. The van der Waals surface area contributed by atoms with Crippen LogP contribution in [0.4, 0.5) is 0 Å². The van der Waals surface area contributed by atoms with Crippen molar-refractivity contribution in [1.29, 1.82) is 0 Å². The average molecular weight is 418 g/mol. The summed E-state index contributed by atoms with van der Waals surface area (Å²) in [5, 5.41) is 1.11. The topological polar surface area (TPSA) is 31.4 Å². The van der Waals surface area contributed by atoms with Crippen LogP contribution in [0.2, 0.25) is 0 Å². The van der Waals surface area contributed by atoms with Gasteiger partial charge in [0.25, 0.3) is 0 Å². The summed E-state index contributed by atoms with van der Waals surface area (Å²) in [4.78, 5) is 5.79. The Morgan fingerprint density at radius 1 is 1.10 bits per heavy atom. The third-order valence-electron chi connectivity index (χ3n) is 5.40. The van der Waals surface area contributed by atoms with Crippen molar-refractivity contribution in [2.75, 3.05) is 7.11 Å². The molecule has 154 valence electrons. The maximum atomic E-state index is 6.32. The van der Waals surface area contributed by atoms with Gasteiger partial charge in [0.1, 0.15) is 0 Å². The first-order valence-corrected chi connectivity index (χ1v) is 11.4. The number of hydrogen-bond donors (Lipinski definition) is 0. The van der Waals surface area contributed by atoms with Crippen molar-refractivity contribution in [3.63, 3.8) is 0 Å². The highest BCUT2D eigenvalue weighted by molar-refractivity contribution is 7.11. The maximum absolute atomic E-state index is 6.32. The summed E-state index contributed by atoms with van der Waals surface area (Å²) in [5.74, 6) is 8.48. The first-order valence-electron chi connectivity index (χ1n) is 10.5. The van der Waals surface area contributed by atoms with Gasteiger partial charge in [-0.1, -0.05) is 36.1 Å². The standard InChI is InChI=1S/C26H27NO2S/c1-19-18-27-26(30-19)17-22(13-12-20-8-4-3-5-9-20)21-14-15-24(28-2)25(16-21)29-23-10-6-7-11-23/h3-5,8-9,14-16,18,22-23H,6-7,10-11,17H2,1-2H3. The van der Waals surface area contributed by atoms with Gasteiger partial charge in [-0.15, -0.1) is 11.3 Å². The Morgan fingerprint density at radius 2 is 1.90 bits per heavy atom. The van der Waals surface area contributed by atoms with Crippen LogP contribution in [0.25, 0.3) is 0 Å². The quantitative estimate of drug-likeness (QED) is 0.450. The molecule has 0 saturated heterocycles. The highest BCUT2D eigenvalue weighted by Crippen LogP contribution is 2.35. The predicted molar refractivity (Wildman–Crippen MR) is 122 cm³/mol. The molecule has 3 nitrogen and oxygen atoms in total. The molecule has 0 radical (unpaired) electrons. The molecule has 0 aliphatic heterocycles. The van der Waals surface area contributed by atoms with Crippen LogP contribution in [0.15, 0.2) is 54.7 Å². The number of methoxy groups -OCH3 is 1. The lowest BCUT2D eigenvalue weighted by Crippen LogP contribution is -2.12. The lowest BCUT2D eigenvalue weighted by Gasteiger charge is -2.18. The molecule has 1 heterocycles. The number of aromatic nitrogens is 1. The van der Waals surface area contributed by atoms with E-state index in [1.165, 1.54) is 17.7 Å². The van der Waals surface area contributed by atoms with Crippen molar-refractivity contribution in [2.45, 2.75) is 51.0 Å². The number of hydrogen-bond acceptors (Lipinski definition) is 4. The van der Waals surface area contributed by atoms with Gasteiger partial charge in [-0.3, -0.25) is 0 Å². The Hall–Kier alpha value is -2.77. The fourth-order valence-corrected chi connectivity index (χ4v) is 4.63. The molecule has 4 rings (SSSR count). The van der Waals surface area contributed by atoms with E-state index in [4.69, 9.17) is 9.47 Å². The van der Waals surface area contributed by atoms with E-state index >= 15 is 0 Å². The first kappa shape index (κ1) is 20.5. The zero-order chi connectivity index (χ0) is 20.8. The normalized spacial score (nSPS) is 14.7. The number of benzene rings is 2. The summed E-state index contributed by atoms with van der Waals surface area (Å²) in [6.07, 6.45) is 7.71. The second-order valence-corrected chi connectivity index (χ2v) is 9.01. The van der Waals surface area contributed by atoms with E-state index in [0.717, 1.165) is 46.9 Å². The molecule has 1 atom stereocenters. The monoisotopic (exact) mass is 417 g/mol. The SMILES string of the molecule is COc1ccc(C(C#Cc2ccccc2)Cc2ncc(C)s2)cc1OC1CCCC1. The molecule has 4 heteroatoms. The molecule has 1 unspecified atom stereocenters. The predicted octanol–water partition coefficient (Wildman–Crippen LogP) is 6.16. The van der Waals surface area contributed by atoms with Gasteiger partial charge in [0.15, 0.2) is 11.5 Å². The third-order valence-corrected chi connectivity index (χ3v) is 6.33. The van der Waals surface area contributed by atoms with Gasteiger partial charge >= 0.3 is 0 Å². The molecular formula is C26H27NO2S. The van der Waals surface area contributed by atoms with Gasteiger partial charge in [-0.2, -0.15) is 0 Å². The lowest BCUT2D eigenvalue weighted by molar-refractivity contribution is 0.200. The van der Waals surface area contributed by atoms with E-state index < -0.39 is 0 Å². The molecule has 3 aromatic rings. The van der Waals surface area contributed by atoms with Gasteiger partial charge in [0.05, 0.1) is 24.1 Å². The summed E-state index contributed by atoms with van der Waals surface area (Å²) >= 11 is 1.74. The van der Waals surface area contributed by atoms with Crippen molar-refractivity contribution in [1.82, 2.24) is 4.98 Å². The molecule has 1 aliphatic rings. The van der Waals surface area contributed by atoms with Crippen molar-refractivity contribution in [3.05, 3.63) is 75.7 Å². The van der Waals surface area contributed by atoms with E-state index in [1.54, 1.807) is 18.4 Å². The molecule has 1 aliphatic carbocycles. The van der Waals surface area contributed by atoms with E-state index in [0.29, 0.717) is 0 Å². The van der Waals surface area contributed by atoms with Crippen LogP contribution in [0.5, 0.6) is 11.5 Å². The summed E-state index contributed by atoms with van der Waals surface area (Å²) in [7, 11) is 1.70. The Balaban J connectivity index is 1.65. The van der Waals surface area contributed by atoms with E-state index in [2.05, 4.69) is 35.9 Å². The number of aryl methyl sites for hydroxylation is 1. The van der Waals surface area contributed by atoms with Crippen molar-refractivity contribution in [2.24, 2.45) is 0 Å². The smallest absolute Gasteiger partial charge is 0.161 e. The summed E-state index contributed by atoms with van der Waals surface area (Å²) < 4.78 is 11.9. The second kappa shape index (κ2) is 9.82. The van der Waals surface area contributed by atoms with Crippen LogP contribution in [-0.2, 0) is 6.42 Å². The molecule has 1 fully saturated rings.